The molecule has 4 aliphatic carbocycles. The van der Waals surface area contributed by atoms with Crippen LogP contribution in [0.15, 0.2) is 55.1 Å². The number of hydrogen-bond donors (Lipinski definition) is 2. The average Bonchev–Trinajstić information content (AvgIpc) is 4.15. The van der Waals surface area contributed by atoms with Gasteiger partial charge in [0.05, 0.1) is 103 Å². The van der Waals surface area contributed by atoms with Crippen molar-refractivity contribution in [2.45, 2.75) is 145 Å². The van der Waals surface area contributed by atoms with Crippen LogP contribution in [0.5, 0.6) is 0 Å². The zero-order valence-corrected chi connectivity index (χ0v) is 44.3. The number of alkyl halides is 6. The van der Waals surface area contributed by atoms with Gasteiger partial charge in [0, 0.05) is 8.95 Å². The predicted octanol–water partition coefficient (Wildman–Crippen LogP) is 6.31. The van der Waals surface area contributed by atoms with Gasteiger partial charge in [-0.1, -0.05) is 31.9 Å². The molecule has 0 spiro atoms. The fourth-order valence-corrected chi connectivity index (χ4v) is 17.1. The Morgan fingerprint density at radius 3 is 1.19 bits per heavy atom. The molecule has 16 nitrogen and oxygen atoms in total. The van der Waals surface area contributed by atoms with Crippen molar-refractivity contribution in [1.29, 1.82) is 10.5 Å². The van der Waals surface area contributed by atoms with Crippen molar-refractivity contribution in [3.63, 3.8) is 0 Å². The van der Waals surface area contributed by atoms with Crippen molar-refractivity contribution in [3.8, 4) is 12.1 Å². The monoisotopic (exact) mass is 1220 g/mol. The third kappa shape index (κ3) is 13.0. The number of amides is 2. The smallest absolute Gasteiger partial charge is 0.374 e. The van der Waals surface area contributed by atoms with Gasteiger partial charge in [-0.05, 0) is 113 Å². The normalized spacial score (nSPS) is 27.8. The van der Waals surface area contributed by atoms with Gasteiger partial charge in [-0.25, -0.2) is 33.7 Å². The minimum atomic E-state index is -4.92. The molecular weight excluding hydrogens is 1180 g/mol. The molecule has 2 aliphatic heterocycles. The molecule has 0 bridgehead atoms. The van der Waals surface area contributed by atoms with Crippen LogP contribution in [0.25, 0.3) is 0 Å². The van der Waals surface area contributed by atoms with E-state index in [0.29, 0.717) is 37.8 Å². The summed E-state index contributed by atoms with van der Waals surface area (Å²) < 4.78 is 195. The summed E-state index contributed by atoms with van der Waals surface area (Å²) in [7, 11) is -15.4. The van der Waals surface area contributed by atoms with E-state index in [1.54, 1.807) is 0 Å². The van der Waals surface area contributed by atoms with Crippen LogP contribution in [0.1, 0.15) is 88.2 Å². The third-order valence-electron chi connectivity index (χ3n) is 14.0. The number of nitrogens with one attached hydrogen (secondary N) is 2. The molecule has 2 amide bonds. The topological polar surface area (TPSA) is 261 Å². The molecule has 2 N–H and O–H groups in total. The summed E-state index contributed by atoms with van der Waals surface area (Å²) in [4.78, 5) is 24.4. The first-order valence-electron chi connectivity index (χ1n) is 22.7. The molecule has 6 aliphatic rings. The molecule has 396 valence electrons. The molecule has 0 radical (unpaired) electrons. The molecule has 0 unspecified atom stereocenters. The second kappa shape index (κ2) is 20.6. The molecule has 4 saturated carbocycles. The van der Waals surface area contributed by atoms with Crippen LogP contribution in [-0.2, 0) is 70.8 Å². The van der Waals surface area contributed by atoms with Gasteiger partial charge in [0.15, 0.2) is 39.3 Å². The first-order chi connectivity index (χ1) is 33.3. The molecule has 6 atom stereocenters. The first kappa shape index (κ1) is 56.3. The highest BCUT2D eigenvalue weighted by molar-refractivity contribution is 9.10. The van der Waals surface area contributed by atoms with Crippen LogP contribution in [0.3, 0.4) is 0 Å². The molecule has 0 aromatic heterocycles. The Balaban J connectivity index is 0.000000211. The largest absolute Gasteiger partial charge is 0.417 e. The lowest BCUT2D eigenvalue weighted by molar-refractivity contribution is -0.140. The third-order valence-corrected chi connectivity index (χ3v) is 22.9. The number of carbonyl (C=O) groups excluding carboxylic acids is 2. The van der Waals surface area contributed by atoms with Gasteiger partial charge in [0.2, 0.25) is 11.8 Å². The van der Waals surface area contributed by atoms with Crippen LogP contribution in [0.4, 0.5) is 26.3 Å². The van der Waals surface area contributed by atoms with E-state index >= 15 is 0 Å². The maximum absolute atomic E-state index is 13.7. The Morgan fingerprint density at radius 1 is 0.597 bits per heavy atom. The number of hydrogen-bond acceptors (Lipinski definition) is 14. The van der Waals surface area contributed by atoms with E-state index in [2.05, 4.69) is 42.5 Å². The van der Waals surface area contributed by atoms with Gasteiger partial charge in [0.1, 0.15) is 11.1 Å². The molecule has 28 heteroatoms. The van der Waals surface area contributed by atoms with Crippen molar-refractivity contribution >= 4 is 83.0 Å². The summed E-state index contributed by atoms with van der Waals surface area (Å²) in [5.41, 5.74) is -4.65. The Labute approximate surface area is 429 Å². The van der Waals surface area contributed by atoms with E-state index in [0.717, 1.165) is 12.1 Å². The number of nitriles is 2. The number of nitrogens with zero attached hydrogens (tertiary/aromatic N) is 2. The van der Waals surface area contributed by atoms with Gasteiger partial charge in [-0.15, -0.1) is 0 Å². The number of benzene rings is 2. The molecule has 2 heterocycles. The lowest BCUT2D eigenvalue weighted by Gasteiger charge is -2.28. The molecule has 72 heavy (non-hydrogen) atoms. The Morgan fingerprint density at radius 2 is 0.917 bits per heavy atom. The van der Waals surface area contributed by atoms with Gasteiger partial charge >= 0.3 is 12.4 Å². The van der Waals surface area contributed by atoms with Crippen molar-refractivity contribution in [1.82, 2.24) is 10.6 Å². The standard InChI is InChI=1S/2C22H24BrF3N2O6S2/c2*23-13-1-2-19(17(9-13)22(24,25)26)36(32,33)15-10-16(20(29)28-21(12-27)5-6-21)18(11-15)34-14-3-7-35(30,31)8-4-14/h2*1-2,9,14-16,18H,3-8,10-11H2,(H,28,29)/t2*15-,16-,18-/m10/s1. The maximum Gasteiger partial charge on any atom is 0.417 e. The zero-order chi connectivity index (χ0) is 53.0. The van der Waals surface area contributed by atoms with Gasteiger partial charge < -0.3 is 20.1 Å². The van der Waals surface area contributed by atoms with Crippen LogP contribution >= 0.6 is 31.9 Å². The number of sulfone groups is 4. The molecule has 2 saturated heterocycles. The van der Waals surface area contributed by atoms with Crippen LogP contribution in [-0.4, -0.2) is 114 Å². The van der Waals surface area contributed by atoms with Crippen molar-refractivity contribution in [2.24, 2.45) is 11.8 Å². The summed E-state index contributed by atoms with van der Waals surface area (Å²) in [5.74, 6) is -3.62. The highest BCUT2D eigenvalue weighted by atomic mass is 79.9. The number of carbonyl (C=O) groups is 2. The van der Waals surface area contributed by atoms with E-state index in [1.165, 1.54) is 12.1 Å². The van der Waals surface area contributed by atoms with Crippen LogP contribution in [0.2, 0.25) is 0 Å². The average molecular weight is 1230 g/mol. The van der Waals surface area contributed by atoms with Crippen molar-refractivity contribution < 1.29 is 79.1 Å². The summed E-state index contributed by atoms with van der Waals surface area (Å²) in [6.45, 7) is 0. The number of rotatable bonds is 12. The lowest BCUT2D eigenvalue weighted by atomic mass is 10.0. The minimum absolute atomic E-state index is 0.0668. The highest BCUT2D eigenvalue weighted by Gasteiger charge is 2.54. The van der Waals surface area contributed by atoms with Gasteiger partial charge in [0.25, 0.3) is 0 Å². The summed E-state index contributed by atoms with van der Waals surface area (Å²) in [5, 5.41) is 21.3. The summed E-state index contributed by atoms with van der Waals surface area (Å²) in [6, 6.07) is 9.65. The number of halogens is 8. The van der Waals surface area contributed by atoms with Crippen LogP contribution in [0, 0.1) is 34.5 Å². The fourth-order valence-electron chi connectivity index (χ4n) is 9.51. The van der Waals surface area contributed by atoms with E-state index in [1.807, 2.05) is 12.1 Å². The second-order valence-corrected chi connectivity index (χ2v) is 30.0. The SMILES string of the molecule is N#CC1(NC(=O)[C@@H]2C[C@@H](S(=O)(=O)c3ccc(Br)cc3C(F)(F)F)C[C@H]2OC2CCS(=O)(=O)CC2)CC1.N#CC1(NC(=O)[C@H]2C[C@H](S(=O)(=O)c3ccc(Br)cc3C(F)(F)F)C[C@@H]2OC2CCS(=O)(=O)CC2)CC1. The fraction of sp³-hybridized carbons (Fsp3) is 0.636. The van der Waals surface area contributed by atoms with E-state index in [-0.39, 0.29) is 83.3 Å². The van der Waals surface area contributed by atoms with Crippen molar-refractivity contribution in [3.05, 3.63) is 56.5 Å². The summed E-state index contributed by atoms with van der Waals surface area (Å²) >= 11 is 5.89. The highest BCUT2D eigenvalue weighted by Crippen LogP contribution is 2.46. The van der Waals surface area contributed by atoms with E-state index < -0.39 is 142 Å². The number of ether oxygens (including phenoxy) is 2. The molecular formula is C44H48Br2F6N4O12S4. The molecule has 8 rings (SSSR count). The van der Waals surface area contributed by atoms with E-state index in [4.69, 9.17) is 9.47 Å². The maximum atomic E-state index is 13.7. The predicted molar refractivity (Wildman–Crippen MR) is 250 cm³/mol. The molecule has 6 fully saturated rings. The van der Waals surface area contributed by atoms with Gasteiger partial charge in [-0.2, -0.15) is 36.9 Å². The first-order valence-corrected chi connectivity index (χ1v) is 31.0. The summed E-state index contributed by atoms with van der Waals surface area (Å²) in [6.07, 6.45) is -11.3. The van der Waals surface area contributed by atoms with Crippen LogP contribution < -0.4 is 10.6 Å². The molecule has 2 aromatic carbocycles. The quantitative estimate of drug-likeness (QED) is 0.221. The van der Waals surface area contributed by atoms with Gasteiger partial charge in [-0.3, -0.25) is 9.59 Å². The Hall–Kier alpha value is -3.38. The Kier molecular flexibility index (Phi) is 16.1. The molecule has 2 aromatic rings. The minimum Gasteiger partial charge on any atom is -0.374 e. The Bertz CT molecular complexity index is 2790. The second-order valence-electron chi connectivity index (χ2n) is 19.2. The van der Waals surface area contributed by atoms with E-state index in [9.17, 15) is 80.1 Å². The van der Waals surface area contributed by atoms with Crippen molar-refractivity contribution in [2.75, 3.05) is 23.0 Å². The zero-order valence-electron chi connectivity index (χ0n) is 37.8. The lowest BCUT2D eigenvalue weighted by Crippen LogP contribution is -2.43.